The molecule has 1 saturated heterocycles. The molecule has 4 nitrogen and oxygen atoms in total. The van der Waals surface area contributed by atoms with Crippen LogP contribution in [0, 0.1) is 5.41 Å². The zero-order valence-corrected chi connectivity index (χ0v) is 11.4. The van der Waals surface area contributed by atoms with Crippen molar-refractivity contribution in [1.29, 1.82) is 0 Å². The average molecular weight is 304 g/mol. The fourth-order valence-electron chi connectivity index (χ4n) is 1.94. The SMILES string of the molecule is CCC1(C(=O)Nc2ncc(Br)s2)CCNC1. The summed E-state index contributed by atoms with van der Waals surface area (Å²) in [5.41, 5.74) is -0.252. The van der Waals surface area contributed by atoms with Crippen molar-refractivity contribution in [3.8, 4) is 0 Å². The second-order valence-corrected chi connectivity index (χ2v) is 6.39. The number of halogens is 1. The van der Waals surface area contributed by atoms with E-state index in [1.807, 2.05) is 0 Å². The Bertz CT molecular complexity index is 387. The van der Waals surface area contributed by atoms with Crippen molar-refractivity contribution >= 4 is 38.3 Å². The van der Waals surface area contributed by atoms with Gasteiger partial charge in [0.2, 0.25) is 5.91 Å². The van der Waals surface area contributed by atoms with Crippen LogP contribution in [0.2, 0.25) is 0 Å². The van der Waals surface area contributed by atoms with Gasteiger partial charge in [-0.05, 0) is 35.3 Å². The van der Waals surface area contributed by atoms with Gasteiger partial charge in [-0.1, -0.05) is 18.3 Å². The number of amides is 1. The van der Waals surface area contributed by atoms with E-state index in [4.69, 9.17) is 0 Å². The Morgan fingerprint density at radius 3 is 3.12 bits per heavy atom. The predicted octanol–water partition coefficient (Wildman–Crippen LogP) is 2.23. The standard InChI is InChI=1S/C10H14BrN3OS/c1-2-10(3-4-12-6-10)8(15)14-9-13-5-7(11)16-9/h5,12H,2-4,6H2,1H3,(H,13,14,15). The summed E-state index contributed by atoms with van der Waals surface area (Å²) in [5.74, 6) is 0.0850. The number of carbonyl (C=O) groups is 1. The van der Waals surface area contributed by atoms with Crippen LogP contribution in [0.25, 0.3) is 0 Å². The molecule has 6 heteroatoms. The highest BCUT2D eigenvalue weighted by atomic mass is 79.9. The molecule has 1 amide bonds. The summed E-state index contributed by atoms with van der Waals surface area (Å²) in [4.78, 5) is 16.3. The maximum absolute atomic E-state index is 12.2. The molecule has 0 aromatic carbocycles. The summed E-state index contributed by atoms with van der Waals surface area (Å²) < 4.78 is 0.929. The molecule has 1 aromatic heterocycles. The van der Waals surface area contributed by atoms with Crippen molar-refractivity contribution < 1.29 is 4.79 Å². The normalized spacial score (nSPS) is 24.6. The lowest BCUT2D eigenvalue weighted by Crippen LogP contribution is -2.37. The molecule has 0 aliphatic carbocycles. The molecule has 88 valence electrons. The Kier molecular flexibility index (Phi) is 3.61. The lowest BCUT2D eigenvalue weighted by molar-refractivity contribution is -0.124. The number of nitrogens with one attached hydrogen (secondary N) is 2. The lowest BCUT2D eigenvalue weighted by Gasteiger charge is -2.24. The van der Waals surface area contributed by atoms with E-state index in [0.717, 1.165) is 29.7 Å². The first kappa shape index (κ1) is 12.0. The van der Waals surface area contributed by atoms with Gasteiger partial charge in [0.05, 0.1) is 15.4 Å². The smallest absolute Gasteiger partial charge is 0.233 e. The Balaban J connectivity index is 2.07. The van der Waals surface area contributed by atoms with E-state index in [-0.39, 0.29) is 11.3 Å². The fourth-order valence-corrected chi connectivity index (χ4v) is 3.04. The van der Waals surface area contributed by atoms with Crippen LogP contribution in [0.5, 0.6) is 0 Å². The highest BCUT2D eigenvalue weighted by Crippen LogP contribution is 2.32. The van der Waals surface area contributed by atoms with E-state index < -0.39 is 0 Å². The van der Waals surface area contributed by atoms with Crippen LogP contribution in [-0.2, 0) is 4.79 Å². The highest BCUT2D eigenvalue weighted by Gasteiger charge is 2.39. The monoisotopic (exact) mass is 303 g/mol. The van der Waals surface area contributed by atoms with Gasteiger partial charge in [-0.2, -0.15) is 0 Å². The van der Waals surface area contributed by atoms with Crippen molar-refractivity contribution in [2.75, 3.05) is 18.4 Å². The second kappa shape index (κ2) is 4.81. The van der Waals surface area contributed by atoms with Crippen molar-refractivity contribution in [3.63, 3.8) is 0 Å². The van der Waals surface area contributed by atoms with Gasteiger partial charge in [0.1, 0.15) is 0 Å². The minimum atomic E-state index is -0.252. The number of nitrogens with zero attached hydrogens (tertiary/aromatic N) is 1. The Morgan fingerprint density at radius 1 is 1.81 bits per heavy atom. The third-order valence-corrected chi connectivity index (χ3v) is 4.49. The first-order valence-electron chi connectivity index (χ1n) is 5.30. The molecule has 1 atom stereocenters. The molecular weight excluding hydrogens is 290 g/mol. The Hall–Kier alpha value is -0.460. The molecule has 1 aliphatic heterocycles. The van der Waals surface area contributed by atoms with E-state index in [2.05, 4.69) is 38.5 Å². The lowest BCUT2D eigenvalue weighted by atomic mass is 9.83. The Labute approximate surface area is 107 Å². The largest absolute Gasteiger partial charge is 0.316 e. The second-order valence-electron chi connectivity index (χ2n) is 3.98. The molecule has 1 unspecified atom stereocenters. The van der Waals surface area contributed by atoms with Gasteiger partial charge in [0.15, 0.2) is 5.13 Å². The van der Waals surface area contributed by atoms with Gasteiger partial charge in [-0.3, -0.25) is 4.79 Å². The van der Waals surface area contributed by atoms with Crippen LogP contribution >= 0.6 is 27.3 Å². The van der Waals surface area contributed by atoms with Gasteiger partial charge in [-0.25, -0.2) is 4.98 Å². The number of hydrogen-bond acceptors (Lipinski definition) is 4. The molecule has 2 heterocycles. The minimum Gasteiger partial charge on any atom is -0.316 e. The van der Waals surface area contributed by atoms with Gasteiger partial charge >= 0.3 is 0 Å². The van der Waals surface area contributed by atoms with Crippen LogP contribution in [0.3, 0.4) is 0 Å². The maximum Gasteiger partial charge on any atom is 0.233 e. The summed E-state index contributed by atoms with van der Waals surface area (Å²) >= 11 is 4.77. The molecule has 16 heavy (non-hydrogen) atoms. The summed E-state index contributed by atoms with van der Waals surface area (Å²) in [6, 6.07) is 0. The third-order valence-electron chi connectivity index (χ3n) is 3.10. The molecule has 0 radical (unpaired) electrons. The number of thiazole rings is 1. The van der Waals surface area contributed by atoms with Crippen molar-refractivity contribution in [2.24, 2.45) is 5.41 Å². The predicted molar refractivity (Wildman–Crippen MR) is 68.7 cm³/mol. The number of hydrogen-bond donors (Lipinski definition) is 2. The first-order valence-corrected chi connectivity index (χ1v) is 6.91. The third kappa shape index (κ3) is 2.28. The quantitative estimate of drug-likeness (QED) is 0.900. The van der Waals surface area contributed by atoms with Crippen LogP contribution in [0.15, 0.2) is 9.98 Å². The summed E-state index contributed by atoms with van der Waals surface area (Å²) in [6.07, 6.45) is 3.46. The average Bonchev–Trinajstić information content (AvgIpc) is 2.88. The highest BCUT2D eigenvalue weighted by molar-refractivity contribution is 9.11. The summed E-state index contributed by atoms with van der Waals surface area (Å²) in [5, 5.41) is 6.81. The molecule has 1 fully saturated rings. The van der Waals surface area contributed by atoms with Crippen molar-refractivity contribution in [3.05, 3.63) is 9.98 Å². The number of anilines is 1. The minimum absolute atomic E-state index is 0.0850. The Morgan fingerprint density at radius 2 is 2.62 bits per heavy atom. The van der Waals surface area contributed by atoms with Gasteiger partial charge in [0, 0.05) is 6.54 Å². The molecule has 1 aliphatic rings. The summed E-state index contributed by atoms with van der Waals surface area (Å²) in [7, 11) is 0. The fraction of sp³-hybridized carbons (Fsp3) is 0.600. The topological polar surface area (TPSA) is 54.0 Å². The van der Waals surface area contributed by atoms with E-state index in [9.17, 15) is 4.79 Å². The molecule has 1 aromatic rings. The molecule has 0 saturated carbocycles. The zero-order chi connectivity index (χ0) is 11.6. The number of aromatic nitrogens is 1. The molecule has 2 N–H and O–H groups in total. The molecule has 0 spiro atoms. The van der Waals surface area contributed by atoms with Crippen LogP contribution < -0.4 is 10.6 Å². The number of rotatable bonds is 3. The maximum atomic E-state index is 12.2. The van der Waals surface area contributed by atoms with Crippen LogP contribution in [-0.4, -0.2) is 24.0 Å². The van der Waals surface area contributed by atoms with Gasteiger partial charge in [0.25, 0.3) is 0 Å². The van der Waals surface area contributed by atoms with E-state index in [0.29, 0.717) is 5.13 Å². The van der Waals surface area contributed by atoms with Gasteiger partial charge in [-0.15, -0.1) is 0 Å². The van der Waals surface area contributed by atoms with E-state index in [1.165, 1.54) is 11.3 Å². The van der Waals surface area contributed by atoms with E-state index >= 15 is 0 Å². The molecule has 2 rings (SSSR count). The van der Waals surface area contributed by atoms with Crippen LogP contribution in [0.1, 0.15) is 19.8 Å². The molecular formula is C10H14BrN3OS. The van der Waals surface area contributed by atoms with Crippen LogP contribution in [0.4, 0.5) is 5.13 Å². The summed E-state index contributed by atoms with van der Waals surface area (Å²) in [6.45, 7) is 3.75. The van der Waals surface area contributed by atoms with E-state index in [1.54, 1.807) is 6.20 Å². The first-order chi connectivity index (χ1) is 7.66. The zero-order valence-electron chi connectivity index (χ0n) is 9.05. The van der Waals surface area contributed by atoms with Crippen molar-refractivity contribution in [1.82, 2.24) is 10.3 Å². The molecule has 0 bridgehead atoms. The van der Waals surface area contributed by atoms with Crippen molar-refractivity contribution in [2.45, 2.75) is 19.8 Å². The number of carbonyl (C=O) groups excluding carboxylic acids is 1. The van der Waals surface area contributed by atoms with Gasteiger partial charge < -0.3 is 10.6 Å².